The number of nitro benzene ring substituents is 1. The summed E-state index contributed by atoms with van der Waals surface area (Å²) >= 11 is 0. The van der Waals surface area contributed by atoms with E-state index < -0.39 is 4.92 Å². The van der Waals surface area contributed by atoms with E-state index >= 15 is 0 Å². The standard InChI is InChI=1S/C15H15N3O3/c1-9-4-3-5-12(15(16)17)14(9)21-13-7-6-11(18(19)20)8-10(13)2/h3-8H,1-2H3,(H3,16,17). The maximum absolute atomic E-state index is 10.7. The first-order chi connectivity index (χ1) is 9.90. The summed E-state index contributed by atoms with van der Waals surface area (Å²) in [5, 5.41) is 18.3. The minimum absolute atomic E-state index is 0.0106. The van der Waals surface area contributed by atoms with Crippen LogP contribution in [0.15, 0.2) is 36.4 Å². The van der Waals surface area contributed by atoms with Crippen molar-refractivity contribution >= 4 is 11.5 Å². The third-order valence-corrected chi connectivity index (χ3v) is 3.08. The molecule has 108 valence electrons. The summed E-state index contributed by atoms with van der Waals surface area (Å²) in [5.41, 5.74) is 7.53. The first-order valence-corrected chi connectivity index (χ1v) is 6.27. The number of nitrogens with two attached hydrogens (primary N) is 1. The maximum atomic E-state index is 10.7. The molecular formula is C15H15N3O3. The third-order valence-electron chi connectivity index (χ3n) is 3.08. The fourth-order valence-electron chi connectivity index (χ4n) is 1.97. The lowest BCUT2D eigenvalue weighted by Gasteiger charge is -2.14. The fraction of sp³-hybridized carbons (Fsp3) is 0.133. The van der Waals surface area contributed by atoms with E-state index in [0.29, 0.717) is 22.6 Å². The van der Waals surface area contributed by atoms with Gasteiger partial charge in [0.2, 0.25) is 0 Å². The Labute approximate surface area is 121 Å². The van der Waals surface area contributed by atoms with Crippen LogP contribution in [0.4, 0.5) is 5.69 Å². The van der Waals surface area contributed by atoms with Gasteiger partial charge >= 0.3 is 0 Å². The van der Waals surface area contributed by atoms with Crippen molar-refractivity contribution in [3.63, 3.8) is 0 Å². The predicted octanol–water partition coefficient (Wildman–Crippen LogP) is 3.29. The van der Waals surface area contributed by atoms with Crippen molar-refractivity contribution in [1.82, 2.24) is 0 Å². The Balaban J connectivity index is 2.44. The number of ether oxygens (including phenoxy) is 1. The molecule has 0 unspecified atom stereocenters. The molecule has 3 N–H and O–H groups in total. The summed E-state index contributed by atoms with van der Waals surface area (Å²) in [5.74, 6) is 0.896. The topological polar surface area (TPSA) is 102 Å². The molecule has 0 saturated carbocycles. The van der Waals surface area contributed by atoms with E-state index in [-0.39, 0.29) is 11.5 Å². The molecule has 0 aliphatic carbocycles. The summed E-state index contributed by atoms with van der Waals surface area (Å²) in [6.07, 6.45) is 0. The zero-order chi connectivity index (χ0) is 15.6. The lowest BCUT2D eigenvalue weighted by atomic mass is 10.1. The number of nitrogens with zero attached hydrogens (tertiary/aromatic N) is 1. The first kappa shape index (κ1) is 14.5. The van der Waals surface area contributed by atoms with Crippen molar-refractivity contribution in [2.75, 3.05) is 0 Å². The van der Waals surface area contributed by atoms with Crippen LogP contribution in [0, 0.1) is 29.4 Å². The molecule has 0 heterocycles. The van der Waals surface area contributed by atoms with Crippen LogP contribution in [0.5, 0.6) is 11.5 Å². The average Bonchev–Trinajstić information content (AvgIpc) is 2.42. The number of amidine groups is 1. The Kier molecular flexibility index (Phi) is 3.89. The van der Waals surface area contributed by atoms with Gasteiger partial charge in [0.15, 0.2) is 0 Å². The van der Waals surface area contributed by atoms with Gasteiger partial charge < -0.3 is 10.5 Å². The number of nitrogens with one attached hydrogen (secondary N) is 1. The van der Waals surface area contributed by atoms with Crippen LogP contribution >= 0.6 is 0 Å². The summed E-state index contributed by atoms with van der Waals surface area (Å²) in [6.45, 7) is 3.58. The predicted molar refractivity (Wildman–Crippen MR) is 80.1 cm³/mol. The van der Waals surface area contributed by atoms with Gasteiger partial charge in [0.25, 0.3) is 5.69 Å². The Morgan fingerprint density at radius 2 is 1.95 bits per heavy atom. The molecule has 6 heteroatoms. The minimum Gasteiger partial charge on any atom is -0.456 e. The lowest BCUT2D eigenvalue weighted by Crippen LogP contribution is -2.13. The van der Waals surface area contributed by atoms with Crippen molar-refractivity contribution < 1.29 is 9.66 Å². The van der Waals surface area contributed by atoms with Crippen LogP contribution in [0.3, 0.4) is 0 Å². The number of para-hydroxylation sites is 1. The van der Waals surface area contributed by atoms with Crippen LogP contribution in [-0.2, 0) is 0 Å². The Morgan fingerprint density at radius 1 is 1.24 bits per heavy atom. The highest BCUT2D eigenvalue weighted by Gasteiger charge is 2.14. The van der Waals surface area contributed by atoms with Gasteiger partial charge in [0, 0.05) is 12.1 Å². The Bertz CT molecular complexity index is 726. The van der Waals surface area contributed by atoms with Gasteiger partial charge in [0.05, 0.1) is 10.5 Å². The monoisotopic (exact) mass is 285 g/mol. The van der Waals surface area contributed by atoms with E-state index in [1.165, 1.54) is 12.1 Å². The molecule has 0 atom stereocenters. The second kappa shape index (κ2) is 5.62. The van der Waals surface area contributed by atoms with Crippen molar-refractivity contribution in [1.29, 1.82) is 5.41 Å². The minimum atomic E-state index is -0.453. The molecule has 0 saturated heterocycles. The van der Waals surface area contributed by atoms with Gasteiger partial charge in [-0.3, -0.25) is 15.5 Å². The molecule has 21 heavy (non-hydrogen) atoms. The quantitative estimate of drug-likeness (QED) is 0.389. The third kappa shape index (κ3) is 3.00. The number of nitrogen functional groups attached to an aromatic ring is 1. The summed E-state index contributed by atoms with van der Waals surface area (Å²) in [7, 11) is 0. The largest absolute Gasteiger partial charge is 0.456 e. The van der Waals surface area contributed by atoms with Crippen molar-refractivity contribution in [2.24, 2.45) is 5.73 Å². The van der Waals surface area contributed by atoms with Crippen molar-refractivity contribution in [2.45, 2.75) is 13.8 Å². The Morgan fingerprint density at radius 3 is 2.52 bits per heavy atom. The van der Waals surface area contributed by atoms with E-state index in [9.17, 15) is 10.1 Å². The normalized spacial score (nSPS) is 10.2. The van der Waals surface area contributed by atoms with E-state index in [2.05, 4.69) is 0 Å². The van der Waals surface area contributed by atoms with E-state index in [1.807, 2.05) is 13.0 Å². The number of nitro groups is 1. The molecule has 0 aliphatic rings. The molecule has 0 radical (unpaired) electrons. The molecule has 0 amide bonds. The van der Waals surface area contributed by atoms with Gasteiger partial charge in [-0.05, 0) is 37.1 Å². The number of hydrogen-bond acceptors (Lipinski definition) is 4. The second-order valence-electron chi connectivity index (χ2n) is 4.67. The van der Waals surface area contributed by atoms with E-state index in [4.69, 9.17) is 15.9 Å². The van der Waals surface area contributed by atoms with Crippen LogP contribution in [0.2, 0.25) is 0 Å². The van der Waals surface area contributed by atoms with Gasteiger partial charge in [-0.2, -0.15) is 0 Å². The molecule has 0 spiro atoms. The summed E-state index contributed by atoms with van der Waals surface area (Å²) in [4.78, 5) is 10.3. The molecule has 0 aromatic heterocycles. The highest BCUT2D eigenvalue weighted by Crippen LogP contribution is 2.32. The molecule has 2 aromatic carbocycles. The molecule has 2 rings (SSSR count). The second-order valence-corrected chi connectivity index (χ2v) is 4.67. The van der Waals surface area contributed by atoms with E-state index in [1.54, 1.807) is 25.1 Å². The summed E-state index contributed by atoms with van der Waals surface area (Å²) in [6, 6.07) is 9.72. The molecule has 2 aromatic rings. The molecule has 6 nitrogen and oxygen atoms in total. The van der Waals surface area contributed by atoms with Crippen LogP contribution in [0.25, 0.3) is 0 Å². The number of rotatable bonds is 4. The number of hydrogen-bond donors (Lipinski definition) is 2. The molecule has 0 fully saturated rings. The van der Waals surface area contributed by atoms with Gasteiger partial charge in [-0.1, -0.05) is 12.1 Å². The molecule has 0 aliphatic heterocycles. The highest BCUT2D eigenvalue weighted by atomic mass is 16.6. The van der Waals surface area contributed by atoms with Crippen LogP contribution in [-0.4, -0.2) is 10.8 Å². The number of benzene rings is 2. The van der Waals surface area contributed by atoms with E-state index in [0.717, 1.165) is 5.56 Å². The zero-order valence-electron chi connectivity index (χ0n) is 11.7. The SMILES string of the molecule is Cc1cc([N+](=O)[O-])ccc1Oc1c(C)cccc1C(=N)N. The zero-order valence-corrected chi connectivity index (χ0v) is 11.7. The number of non-ortho nitro benzene ring substituents is 1. The summed E-state index contributed by atoms with van der Waals surface area (Å²) < 4.78 is 5.82. The fourth-order valence-corrected chi connectivity index (χ4v) is 1.97. The average molecular weight is 285 g/mol. The molecular weight excluding hydrogens is 270 g/mol. The lowest BCUT2D eigenvalue weighted by molar-refractivity contribution is -0.384. The van der Waals surface area contributed by atoms with Crippen molar-refractivity contribution in [3.05, 3.63) is 63.2 Å². The van der Waals surface area contributed by atoms with Crippen LogP contribution < -0.4 is 10.5 Å². The highest BCUT2D eigenvalue weighted by molar-refractivity contribution is 5.98. The Hall–Kier alpha value is -2.89. The van der Waals surface area contributed by atoms with Gasteiger partial charge in [-0.15, -0.1) is 0 Å². The maximum Gasteiger partial charge on any atom is 0.269 e. The van der Waals surface area contributed by atoms with Crippen molar-refractivity contribution in [3.8, 4) is 11.5 Å². The van der Waals surface area contributed by atoms with Gasteiger partial charge in [0.1, 0.15) is 17.3 Å². The smallest absolute Gasteiger partial charge is 0.269 e. The first-order valence-electron chi connectivity index (χ1n) is 6.27. The van der Waals surface area contributed by atoms with Gasteiger partial charge in [-0.25, -0.2) is 0 Å². The molecule has 0 bridgehead atoms. The van der Waals surface area contributed by atoms with Crippen LogP contribution in [0.1, 0.15) is 16.7 Å². The number of aryl methyl sites for hydroxylation is 2.